The lowest BCUT2D eigenvalue weighted by molar-refractivity contribution is 0.102. The molecular weight excluding hydrogens is 258 g/mol. The largest absolute Gasteiger partial charge is 0.371 e. The molecule has 0 radical (unpaired) electrons. The van der Waals surface area contributed by atoms with Gasteiger partial charge in [-0.3, -0.25) is 0 Å². The number of rotatable bonds is 3. The van der Waals surface area contributed by atoms with Gasteiger partial charge < -0.3 is 15.5 Å². The Kier molecular flexibility index (Phi) is 4.51. The molecule has 3 heteroatoms. The Balaban J connectivity index is 1.79. The lowest BCUT2D eigenvalue weighted by atomic mass is 9.84. The van der Waals surface area contributed by atoms with Crippen LogP contribution in [0, 0.1) is 12.8 Å². The highest BCUT2D eigenvalue weighted by Gasteiger charge is 2.34. The van der Waals surface area contributed by atoms with E-state index in [9.17, 15) is 0 Å². The second kappa shape index (κ2) is 6.37. The Hall–Kier alpha value is -1.06. The average molecular weight is 287 g/mol. The van der Waals surface area contributed by atoms with E-state index < -0.39 is 0 Å². The smallest absolute Gasteiger partial charge is 0.0399 e. The number of benzene rings is 1. The molecule has 2 unspecified atom stereocenters. The first-order valence-corrected chi connectivity index (χ1v) is 8.44. The second-order valence-electron chi connectivity index (χ2n) is 6.86. The van der Waals surface area contributed by atoms with Crippen LogP contribution in [-0.4, -0.2) is 44.2 Å². The summed E-state index contributed by atoms with van der Waals surface area (Å²) in [4.78, 5) is 5.20. The molecule has 1 aromatic rings. The molecule has 2 N–H and O–H groups in total. The third-order valence-corrected chi connectivity index (χ3v) is 5.34. The normalized spacial score (nSPS) is 26.7. The maximum Gasteiger partial charge on any atom is 0.0399 e. The van der Waals surface area contributed by atoms with Crippen LogP contribution < -0.4 is 10.6 Å². The molecular formula is C18H29N3. The SMILES string of the molecule is Cc1ccc(N2CCC3C(CCCN3C)C2)c(CCN)c1. The summed E-state index contributed by atoms with van der Waals surface area (Å²) in [5.41, 5.74) is 10.0. The predicted molar refractivity (Wildman–Crippen MR) is 89.9 cm³/mol. The van der Waals surface area contributed by atoms with E-state index in [1.807, 2.05) is 0 Å². The van der Waals surface area contributed by atoms with Gasteiger partial charge in [0.25, 0.3) is 0 Å². The van der Waals surface area contributed by atoms with E-state index in [1.165, 1.54) is 55.7 Å². The zero-order chi connectivity index (χ0) is 14.8. The highest BCUT2D eigenvalue weighted by Crippen LogP contribution is 2.33. The summed E-state index contributed by atoms with van der Waals surface area (Å²) in [6, 6.07) is 7.68. The lowest BCUT2D eigenvalue weighted by Gasteiger charge is -2.47. The summed E-state index contributed by atoms with van der Waals surface area (Å²) in [5, 5.41) is 0. The van der Waals surface area contributed by atoms with E-state index in [1.54, 1.807) is 0 Å². The standard InChI is InChI=1S/C18H29N3/c1-14-5-6-18(15(12-14)7-9-19)21-11-8-17-16(13-21)4-3-10-20(17)2/h5-6,12,16-17H,3-4,7-11,13,19H2,1-2H3. The Morgan fingerprint density at radius 3 is 2.90 bits per heavy atom. The second-order valence-corrected chi connectivity index (χ2v) is 6.86. The minimum atomic E-state index is 0.735. The fraction of sp³-hybridized carbons (Fsp3) is 0.667. The fourth-order valence-electron chi connectivity index (χ4n) is 4.25. The first-order chi connectivity index (χ1) is 10.2. The summed E-state index contributed by atoms with van der Waals surface area (Å²) in [6.45, 7) is 6.59. The number of nitrogens with zero attached hydrogens (tertiary/aromatic N) is 2. The van der Waals surface area contributed by atoms with Gasteiger partial charge in [-0.1, -0.05) is 17.7 Å². The molecule has 2 aliphatic heterocycles. The van der Waals surface area contributed by atoms with Crippen molar-refractivity contribution < 1.29 is 0 Å². The van der Waals surface area contributed by atoms with E-state index >= 15 is 0 Å². The van der Waals surface area contributed by atoms with Crippen molar-refractivity contribution in [3.63, 3.8) is 0 Å². The van der Waals surface area contributed by atoms with Crippen molar-refractivity contribution in [2.24, 2.45) is 11.7 Å². The van der Waals surface area contributed by atoms with E-state index in [2.05, 4.69) is 42.0 Å². The van der Waals surface area contributed by atoms with E-state index in [-0.39, 0.29) is 0 Å². The van der Waals surface area contributed by atoms with E-state index in [4.69, 9.17) is 5.73 Å². The van der Waals surface area contributed by atoms with Gasteiger partial charge in [0, 0.05) is 24.8 Å². The molecule has 3 nitrogen and oxygen atoms in total. The number of likely N-dealkylation sites (tertiary alicyclic amines) is 1. The van der Waals surface area contributed by atoms with Crippen LogP contribution >= 0.6 is 0 Å². The summed E-state index contributed by atoms with van der Waals surface area (Å²) >= 11 is 0. The summed E-state index contributed by atoms with van der Waals surface area (Å²) in [6.07, 6.45) is 5.04. The van der Waals surface area contributed by atoms with Crippen LogP contribution in [0.15, 0.2) is 18.2 Å². The molecule has 2 saturated heterocycles. The van der Waals surface area contributed by atoms with Gasteiger partial charge in [0.05, 0.1) is 0 Å². The van der Waals surface area contributed by atoms with Crippen molar-refractivity contribution in [1.82, 2.24) is 4.90 Å². The van der Waals surface area contributed by atoms with Gasteiger partial charge in [0.15, 0.2) is 0 Å². The van der Waals surface area contributed by atoms with Crippen LogP contribution in [0.25, 0.3) is 0 Å². The van der Waals surface area contributed by atoms with Crippen molar-refractivity contribution in [3.8, 4) is 0 Å². The third kappa shape index (κ3) is 3.09. The van der Waals surface area contributed by atoms with Crippen molar-refractivity contribution in [2.45, 2.75) is 38.6 Å². The molecule has 2 atom stereocenters. The highest BCUT2D eigenvalue weighted by molar-refractivity contribution is 5.55. The minimum absolute atomic E-state index is 0.735. The highest BCUT2D eigenvalue weighted by atomic mass is 15.2. The number of hydrogen-bond donors (Lipinski definition) is 1. The molecule has 2 heterocycles. The van der Waals surface area contributed by atoms with Crippen molar-refractivity contribution in [1.29, 1.82) is 0 Å². The van der Waals surface area contributed by atoms with Gasteiger partial charge in [0.2, 0.25) is 0 Å². The monoisotopic (exact) mass is 287 g/mol. The molecule has 2 aliphatic rings. The maximum atomic E-state index is 5.81. The summed E-state index contributed by atoms with van der Waals surface area (Å²) in [7, 11) is 2.30. The van der Waals surface area contributed by atoms with Crippen molar-refractivity contribution in [2.75, 3.05) is 38.1 Å². The van der Waals surface area contributed by atoms with E-state index in [0.717, 1.165) is 24.9 Å². The van der Waals surface area contributed by atoms with Crippen molar-refractivity contribution >= 4 is 5.69 Å². The van der Waals surface area contributed by atoms with Gasteiger partial charge >= 0.3 is 0 Å². The van der Waals surface area contributed by atoms with Crippen LogP contribution in [0.3, 0.4) is 0 Å². The maximum absolute atomic E-state index is 5.81. The van der Waals surface area contributed by atoms with Gasteiger partial charge in [-0.15, -0.1) is 0 Å². The predicted octanol–water partition coefficient (Wildman–Crippen LogP) is 2.42. The zero-order valence-electron chi connectivity index (χ0n) is 13.5. The van der Waals surface area contributed by atoms with Crippen LogP contribution in [0.1, 0.15) is 30.4 Å². The van der Waals surface area contributed by atoms with Crippen LogP contribution in [0.4, 0.5) is 5.69 Å². The fourth-order valence-corrected chi connectivity index (χ4v) is 4.25. The van der Waals surface area contributed by atoms with Crippen LogP contribution in [0.2, 0.25) is 0 Å². The van der Waals surface area contributed by atoms with Crippen LogP contribution in [-0.2, 0) is 6.42 Å². The summed E-state index contributed by atoms with van der Waals surface area (Å²) < 4.78 is 0. The molecule has 0 spiro atoms. The van der Waals surface area contributed by atoms with E-state index in [0.29, 0.717) is 0 Å². The number of hydrogen-bond acceptors (Lipinski definition) is 3. The van der Waals surface area contributed by atoms with Gasteiger partial charge in [-0.25, -0.2) is 0 Å². The first kappa shape index (κ1) is 14.9. The molecule has 0 amide bonds. The molecule has 0 aromatic heterocycles. The molecule has 0 bridgehead atoms. The zero-order valence-corrected chi connectivity index (χ0v) is 13.5. The molecule has 21 heavy (non-hydrogen) atoms. The van der Waals surface area contributed by atoms with Gasteiger partial charge in [-0.05, 0) is 70.3 Å². The molecule has 116 valence electrons. The molecule has 3 rings (SSSR count). The number of aryl methyl sites for hydroxylation is 1. The summed E-state index contributed by atoms with van der Waals surface area (Å²) in [5.74, 6) is 0.838. The average Bonchev–Trinajstić information content (AvgIpc) is 2.48. The molecule has 0 aliphatic carbocycles. The first-order valence-electron chi connectivity index (χ1n) is 8.44. The Bertz CT molecular complexity index is 485. The Labute approximate surface area is 129 Å². The van der Waals surface area contributed by atoms with Gasteiger partial charge in [-0.2, -0.15) is 0 Å². The molecule has 0 saturated carbocycles. The van der Waals surface area contributed by atoms with Gasteiger partial charge in [0.1, 0.15) is 0 Å². The lowest BCUT2D eigenvalue weighted by Crippen LogP contribution is -2.52. The quantitative estimate of drug-likeness (QED) is 0.926. The Morgan fingerprint density at radius 2 is 2.10 bits per heavy atom. The molecule has 1 aromatic carbocycles. The third-order valence-electron chi connectivity index (χ3n) is 5.34. The number of fused-ring (bicyclic) bond motifs is 1. The number of anilines is 1. The molecule has 2 fully saturated rings. The van der Waals surface area contributed by atoms with Crippen molar-refractivity contribution in [3.05, 3.63) is 29.3 Å². The minimum Gasteiger partial charge on any atom is -0.371 e. The number of nitrogens with two attached hydrogens (primary N) is 1. The Morgan fingerprint density at radius 1 is 1.24 bits per heavy atom. The topological polar surface area (TPSA) is 32.5 Å². The van der Waals surface area contributed by atoms with Crippen LogP contribution in [0.5, 0.6) is 0 Å². The number of piperidine rings is 2.